The van der Waals surface area contributed by atoms with E-state index in [1.807, 2.05) is 12.1 Å². The van der Waals surface area contributed by atoms with Crippen LogP contribution in [0.25, 0.3) is 0 Å². The van der Waals surface area contributed by atoms with Crippen LogP contribution < -0.4 is 15.9 Å². The van der Waals surface area contributed by atoms with Gasteiger partial charge in [-0.15, -0.1) is 0 Å². The number of hydrogen-bond donors (Lipinski definition) is 3. The average molecular weight is 314 g/mol. The standard InChI is InChI=1S/C16H19N5O2/c1-12-10-15(22)19-16(18-12)20-17-11-13-2-4-14(5-3-13)21-6-8-23-9-7-21/h2-5,10-11H,6-9H2,1H3,(H2,18,19,20,22)/p+1. The van der Waals surface area contributed by atoms with Crippen molar-refractivity contribution in [3.8, 4) is 0 Å². The van der Waals surface area contributed by atoms with Crippen LogP contribution in [0.3, 0.4) is 0 Å². The van der Waals surface area contributed by atoms with Crippen LogP contribution in [-0.4, -0.2) is 42.5 Å². The van der Waals surface area contributed by atoms with Crippen LogP contribution in [0.5, 0.6) is 0 Å². The van der Waals surface area contributed by atoms with Crippen molar-refractivity contribution in [2.45, 2.75) is 6.92 Å². The van der Waals surface area contributed by atoms with Crippen LogP contribution in [0.4, 0.5) is 11.6 Å². The summed E-state index contributed by atoms with van der Waals surface area (Å²) in [7, 11) is 0. The molecule has 0 amide bonds. The van der Waals surface area contributed by atoms with Crippen molar-refractivity contribution in [3.63, 3.8) is 0 Å². The first-order valence-corrected chi connectivity index (χ1v) is 7.60. The number of anilines is 1. The summed E-state index contributed by atoms with van der Waals surface area (Å²) < 4.78 is 5.38. The molecule has 3 N–H and O–H groups in total. The summed E-state index contributed by atoms with van der Waals surface area (Å²) in [5, 5.41) is 4.10. The number of ether oxygens (including phenoxy) is 1. The van der Waals surface area contributed by atoms with E-state index in [9.17, 15) is 4.79 Å². The van der Waals surface area contributed by atoms with Crippen LogP contribution in [-0.2, 0) is 4.74 Å². The lowest BCUT2D eigenvalue weighted by Crippen LogP contribution is -3.09. The molecule has 0 aliphatic carbocycles. The minimum Gasteiger partial charge on any atom is -0.370 e. The molecule has 2 aromatic rings. The molecule has 7 heteroatoms. The molecule has 3 rings (SSSR count). The maximum absolute atomic E-state index is 11.3. The third kappa shape index (κ3) is 4.24. The van der Waals surface area contributed by atoms with Crippen molar-refractivity contribution in [2.75, 3.05) is 31.7 Å². The molecule has 1 fully saturated rings. The van der Waals surface area contributed by atoms with Gasteiger partial charge in [0, 0.05) is 11.8 Å². The van der Waals surface area contributed by atoms with E-state index >= 15 is 0 Å². The Labute approximate surface area is 134 Å². The van der Waals surface area contributed by atoms with Crippen molar-refractivity contribution in [1.82, 2.24) is 9.97 Å². The Balaban J connectivity index is 1.62. The number of aromatic nitrogens is 2. The van der Waals surface area contributed by atoms with Gasteiger partial charge in [0.25, 0.3) is 5.56 Å². The second-order valence-corrected chi connectivity index (χ2v) is 5.44. The smallest absolute Gasteiger partial charge is 0.252 e. The zero-order chi connectivity index (χ0) is 16.1. The minimum atomic E-state index is -0.201. The first-order valence-electron chi connectivity index (χ1n) is 7.60. The molecule has 7 nitrogen and oxygen atoms in total. The first-order chi connectivity index (χ1) is 11.2. The summed E-state index contributed by atoms with van der Waals surface area (Å²) in [6.07, 6.45) is 1.70. The summed E-state index contributed by atoms with van der Waals surface area (Å²) in [5.74, 6) is 0.334. The number of aromatic amines is 1. The van der Waals surface area contributed by atoms with Crippen molar-refractivity contribution in [1.29, 1.82) is 0 Å². The fourth-order valence-electron chi connectivity index (χ4n) is 2.51. The Morgan fingerprint density at radius 1 is 1.30 bits per heavy atom. The summed E-state index contributed by atoms with van der Waals surface area (Å²) in [6.45, 7) is 5.38. The molecular weight excluding hydrogens is 294 g/mol. The lowest BCUT2D eigenvalue weighted by Gasteiger charge is -2.23. The van der Waals surface area contributed by atoms with E-state index < -0.39 is 0 Å². The predicted molar refractivity (Wildman–Crippen MR) is 88.4 cm³/mol. The molecule has 1 aliphatic rings. The van der Waals surface area contributed by atoms with Crippen LogP contribution in [0, 0.1) is 6.92 Å². The average Bonchev–Trinajstić information content (AvgIpc) is 2.55. The molecule has 2 heterocycles. The summed E-state index contributed by atoms with van der Waals surface area (Å²) in [4.78, 5) is 19.5. The van der Waals surface area contributed by atoms with Crippen molar-refractivity contribution >= 4 is 17.9 Å². The zero-order valence-corrected chi connectivity index (χ0v) is 13.0. The fourth-order valence-corrected chi connectivity index (χ4v) is 2.51. The highest BCUT2D eigenvalue weighted by Gasteiger charge is 2.15. The molecule has 0 spiro atoms. The number of rotatable bonds is 4. The highest BCUT2D eigenvalue weighted by Crippen LogP contribution is 2.04. The molecular formula is C16H20N5O2+. The highest BCUT2D eigenvalue weighted by molar-refractivity contribution is 5.80. The van der Waals surface area contributed by atoms with E-state index in [1.54, 1.807) is 13.1 Å². The maximum atomic E-state index is 11.3. The first kappa shape index (κ1) is 15.4. The van der Waals surface area contributed by atoms with E-state index in [0.29, 0.717) is 11.6 Å². The number of aryl methyl sites for hydroxylation is 1. The second kappa shape index (κ2) is 7.17. The normalized spacial score (nSPS) is 15.9. The molecule has 0 atom stereocenters. The summed E-state index contributed by atoms with van der Waals surface area (Å²) in [5.41, 5.74) is 5.42. The lowest BCUT2D eigenvalue weighted by atomic mass is 10.2. The van der Waals surface area contributed by atoms with Gasteiger partial charge >= 0.3 is 0 Å². The van der Waals surface area contributed by atoms with Gasteiger partial charge in [0.2, 0.25) is 5.95 Å². The molecule has 1 aromatic heterocycles. The number of hydrogen-bond acceptors (Lipinski definition) is 5. The Hall–Kier alpha value is -2.51. The Bertz CT molecular complexity index is 733. The number of morpholine rings is 1. The molecule has 1 aliphatic heterocycles. The third-order valence-electron chi connectivity index (χ3n) is 3.67. The van der Waals surface area contributed by atoms with Crippen LogP contribution in [0.2, 0.25) is 0 Å². The third-order valence-corrected chi connectivity index (χ3v) is 3.67. The predicted octanol–water partition coefficient (Wildman–Crippen LogP) is 0.0709. The van der Waals surface area contributed by atoms with Gasteiger partial charge in [-0.05, 0) is 36.8 Å². The number of quaternary nitrogens is 1. The van der Waals surface area contributed by atoms with Gasteiger partial charge in [-0.1, -0.05) is 0 Å². The van der Waals surface area contributed by atoms with Gasteiger partial charge in [-0.3, -0.25) is 14.7 Å². The molecule has 23 heavy (non-hydrogen) atoms. The van der Waals surface area contributed by atoms with Crippen molar-refractivity contribution < 1.29 is 9.64 Å². The molecule has 120 valence electrons. The van der Waals surface area contributed by atoms with E-state index in [4.69, 9.17) is 4.74 Å². The van der Waals surface area contributed by atoms with Crippen molar-refractivity contribution in [2.24, 2.45) is 5.10 Å². The Morgan fingerprint density at radius 3 is 2.74 bits per heavy atom. The number of hydrazone groups is 1. The van der Waals surface area contributed by atoms with E-state index in [1.165, 1.54) is 16.7 Å². The van der Waals surface area contributed by atoms with Gasteiger partial charge in [-0.25, -0.2) is 10.4 Å². The molecule has 0 saturated carbocycles. The highest BCUT2D eigenvalue weighted by atomic mass is 16.5. The zero-order valence-electron chi connectivity index (χ0n) is 13.0. The Kier molecular flexibility index (Phi) is 4.80. The van der Waals surface area contributed by atoms with Crippen LogP contribution >= 0.6 is 0 Å². The largest absolute Gasteiger partial charge is 0.370 e. The number of H-pyrrole nitrogens is 1. The quantitative estimate of drug-likeness (QED) is 0.551. The van der Waals surface area contributed by atoms with Gasteiger partial charge in [-0.2, -0.15) is 5.10 Å². The number of benzene rings is 1. The Morgan fingerprint density at radius 2 is 2.04 bits per heavy atom. The van der Waals surface area contributed by atoms with Gasteiger partial charge < -0.3 is 4.74 Å². The van der Waals surface area contributed by atoms with Crippen LogP contribution in [0.15, 0.2) is 40.2 Å². The minimum absolute atomic E-state index is 0.201. The van der Waals surface area contributed by atoms with Crippen molar-refractivity contribution in [3.05, 3.63) is 51.9 Å². The van der Waals surface area contributed by atoms with E-state index in [2.05, 4.69) is 32.6 Å². The second-order valence-electron chi connectivity index (χ2n) is 5.44. The maximum Gasteiger partial charge on any atom is 0.252 e. The summed E-state index contributed by atoms with van der Waals surface area (Å²) in [6, 6.07) is 9.69. The van der Waals surface area contributed by atoms with Gasteiger partial charge in [0.15, 0.2) is 0 Å². The molecule has 0 unspecified atom stereocenters. The summed E-state index contributed by atoms with van der Waals surface area (Å²) >= 11 is 0. The molecule has 0 radical (unpaired) electrons. The van der Waals surface area contributed by atoms with E-state index in [0.717, 1.165) is 31.9 Å². The lowest BCUT2D eigenvalue weighted by molar-refractivity contribution is -0.842. The van der Waals surface area contributed by atoms with Gasteiger partial charge in [0.1, 0.15) is 18.8 Å². The van der Waals surface area contributed by atoms with Crippen LogP contribution in [0.1, 0.15) is 11.3 Å². The SMILES string of the molecule is Cc1cc(=O)[nH]c(NN=Cc2ccc([NH+]3CCOCC3)cc2)n1. The number of nitrogens with one attached hydrogen (secondary N) is 3. The fraction of sp³-hybridized carbons (Fsp3) is 0.312. The topological polar surface area (TPSA) is 83.8 Å². The molecule has 0 bridgehead atoms. The van der Waals surface area contributed by atoms with Gasteiger partial charge in [0.05, 0.1) is 19.4 Å². The molecule has 1 saturated heterocycles. The molecule has 1 aromatic carbocycles. The monoisotopic (exact) mass is 314 g/mol. The number of nitrogens with zero attached hydrogens (tertiary/aromatic N) is 2. The van der Waals surface area contributed by atoms with E-state index in [-0.39, 0.29) is 5.56 Å².